The van der Waals surface area contributed by atoms with E-state index in [1.165, 1.54) is 23.1 Å². The number of sulfonamides is 1. The Bertz CT molecular complexity index is 1420. The molecule has 0 fully saturated rings. The molecule has 2 amide bonds. The quantitative estimate of drug-likeness (QED) is 0.235. The molecule has 0 unspecified atom stereocenters. The van der Waals surface area contributed by atoms with Gasteiger partial charge in [-0.25, -0.2) is 8.42 Å². The number of carbonyl (C=O) groups excluding carboxylic acids is 2. The standard InChI is InChI=1S/C30H35Cl2N3O4S/c1-4-6-18-33-30(37)28(5-2)34(20-23-12-10-11-15-26(23)31)29(36)21-35(24-17-16-22(3)27(32)19-24)40(38,39)25-13-8-7-9-14-25/h7-17,19,28H,4-6,18,20-21H2,1-3H3,(H,33,37)/t28-/m1/s1. The lowest BCUT2D eigenvalue weighted by atomic mass is 10.1. The predicted molar refractivity (Wildman–Crippen MR) is 161 cm³/mol. The summed E-state index contributed by atoms with van der Waals surface area (Å²) in [4.78, 5) is 28.7. The van der Waals surface area contributed by atoms with Crippen molar-refractivity contribution in [3.05, 3.63) is 94.0 Å². The summed E-state index contributed by atoms with van der Waals surface area (Å²) in [6.45, 7) is 5.62. The number of unbranched alkanes of at least 4 members (excludes halogenated alkanes) is 1. The van der Waals surface area contributed by atoms with Crippen LogP contribution >= 0.6 is 23.2 Å². The molecule has 0 radical (unpaired) electrons. The van der Waals surface area contributed by atoms with Crippen LogP contribution in [0.2, 0.25) is 10.0 Å². The van der Waals surface area contributed by atoms with Gasteiger partial charge in [0.2, 0.25) is 11.8 Å². The van der Waals surface area contributed by atoms with E-state index in [1.54, 1.807) is 54.6 Å². The first-order chi connectivity index (χ1) is 19.1. The molecular formula is C30H35Cl2N3O4S. The Morgan fingerprint density at radius 3 is 2.23 bits per heavy atom. The molecule has 0 aliphatic rings. The minimum atomic E-state index is -4.16. The molecule has 3 rings (SSSR count). The van der Waals surface area contributed by atoms with Crippen molar-refractivity contribution in [2.45, 2.75) is 57.5 Å². The average molecular weight is 605 g/mol. The van der Waals surface area contributed by atoms with Crippen molar-refractivity contribution in [3.63, 3.8) is 0 Å². The first-order valence-corrected chi connectivity index (χ1v) is 15.4. The smallest absolute Gasteiger partial charge is 0.264 e. The van der Waals surface area contributed by atoms with Crippen LogP contribution < -0.4 is 9.62 Å². The number of carbonyl (C=O) groups is 2. The van der Waals surface area contributed by atoms with Crippen LogP contribution in [0.15, 0.2) is 77.7 Å². The Hall–Kier alpha value is -3.07. The predicted octanol–water partition coefficient (Wildman–Crippen LogP) is 6.22. The van der Waals surface area contributed by atoms with Gasteiger partial charge in [0, 0.05) is 23.1 Å². The molecule has 0 saturated heterocycles. The Morgan fingerprint density at radius 2 is 1.60 bits per heavy atom. The molecule has 3 aromatic carbocycles. The van der Waals surface area contributed by atoms with Gasteiger partial charge in [-0.3, -0.25) is 13.9 Å². The highest BCUT2D eigenvalue weighted by Crippen LogP contribution is 2.29. The second-order valence-electron chi connectivity index (χ2n) is 9.44. The SMILES string of the molecule is CCCCNC(=O)[C@@H](CC)N(Cc1ccccc1Cl)C(=O)CN(c1ccc(C)c(Cl)c1)S(=O)(=O)c1ccccc1. The van der Waals surface area contributed by atoms with E-state index < -0.39 is 28.5 Å². The molecule has 0 aliphatic heterocycles. The fourth-order valence-electron chi connectivity index (χ4n) is 4.22. The number of benzene rings is 3. The maximum atomic E-state index is 14.1. The molecule has 0 bridgehead atoms. The second-order valence-corrected chi connectivity index (χ2v) is 12.1. The number of rotatable bonds is 13. The molecule has 10 heteroatoms. The van der Waals surface area contributed by atoms with Gasteiger partial charge in [-0.2, -0.15) is 0 Å². The third-order valence-corrected chi connectivity index (χ3v) is 9.13. The van der Waals surface area contributed by atoms with Gasteiger partial charge in [0.05, 0.1) is 10.6 Å². The summed E-state index contributed by atoms with van der Waals surface area (Å²) in [5.74, 6) is -0.846. The minimum absolute atomic E-state index is 0.0292. The third-order valence-electron chi connectivity index (χ3n) is 6.57. The summed E-state index contributed by atoms with van der Waals surface area (Å²) in [6.07, 6.45) is 2.04. The molecule has 7 nitrogen and oxygen atoms in total. The third kappa shape index (κ3) is 7.77. The Morgan fingerprint density at radius 1 is 0.925 bits per heavy atom. The molecular weight excluding hydrogens is 569 g/mol. The van der Waals surface area contributed by atoms with E-state index in [2.05, 4.69) is 5.32 Å². The highest BCUT2D eigenvalue weighted by molar-refractivity contribution is 7.92. The molecule has 0 aliphatic carbocycles. The lowest BCUT2D eigenvalue weighted by Gasteiger charge is -2.33. The van der Waals surface area contributed by atoms with Gasteiger partial charge in [0.15, 0.2) is 0 Å². The van der Waals surface area contributed by atoms with E-state index in [1.807, 2.05) is 20.8 Å². The van der Waals surface area contributed by atoms with Gasteiger partial charge in [-0.05, 0) is 61.2 Å². The first kappa shape index (κ1) is 31.5. The summed E-state index contributed by atoms with van der Waals surface area (Å²) in [5, 5.41) is 3.72. The number of aryl methyl sites for hydroxylation is 1. The number of nitrogens with zero attached hydrogens (tertiary/aromatic N) is 2. The van der Waals surface area contributed by atoms with Crippen molar-refractivity contribution < 1.29 is 18.0 Å². The lowest BCUT2D eigenvalue weighted by molar-refractivity contribution is -0.140. The Balaban J connectivity index is 2.06. The van der Waals surface area contributed by atoms with Gasteiger partial charge in [-0.1, -0.05) is 85.9 Å². The number of amides is 2. The Labute approximate surface area is 247 Å². The van der Waals surface area contributed by atoms with Crippen LogP contribution in [0.3, 0.4) is 0 Å². The number of nitrogens with one attached hydrogen (secondary N) is 1. The van der Waals surface area contributed by atoms with Crippen LogP contribution in [0.25, 0.3) is 0 Å². The van der Waals surface area contributed by atoms with Crippen LogP contribution in [0.4, 0.5) is 5.69 Å². The summed E-state index contributed by atoms with van der Waals surface area (Å²) >= 11 is 12.8. The van der Waals surface area contributed by atoms with Crippen LogP contribution in [0, 0.1) is 6.92 Å². The van der Waals surface area contributed by atoms with E-state index >= 15 is 0 Å². The lowest BCUT2D eigenvalue weighted by Crippen LogP contribution is -2.52. The van der Waals surface area contributed by atoms with Crippen molar-refractivity contribution in [1.82, 2.24) is 10.2 Å². The van der Waals surface area contributed by atoms with Gasteiger partial charge >= 0.3 is 0 Å². The average Bonchev–Trinajstić information content (AvgIpc) is 2.94. The van der Waals surface area contributed by atoms with Crippen molar-refractivity contribution in [1.29, 1.82) is 0 Å². The zero-order valence-corrected chi connectivity index (χ0v) is 25.3. The van der Waals surface area contributed by atoms with E-state index in [9.17, 15) is 18.0 Å². The molecule has 1 N–H and O–H groups in total. The molecule has 40 heavy (non-hydrogen) atoms. The van der Waals surface area contributed by atoms with Crippen molar-refractivity contribution in [2.75, 3.05) is 17.4 Å². The number of hydrogen-bond acceptors (Lipinski definition) is 4. The van der Waals surface area contributed by atoms with Gasteiger partial charge in [-0.15, -0.1) is 0 Å². The fraction of sp³-hybridized carbons (Fsp3) is 0.333. The topological polar surface area (TPSA) is 86.8 Å². The normalized spacial score (nSPS) is 12.0. The van der Waals surface area contributed by atoms with Crippen molar-refractivity contribution in [2.24, 2.45) is 0 Å². The highest BCUT2D eigenvalue weighted by Gasteiger charge is 2.34. The van der Waals surface area contributed by atoms with E-state index in [4.69, 9.17) is 23.2 Å². The molecule has 0 saturated carbocycles. The minimum Gasteiger partial charge on any atom is -0.354 e. The molecule has 214 valence electrons. The highest BCUT2D eigenvalue weighted by atomic mass is 35.5. The molecule has 3 aromatic rings. The number of halogens is 2. The Kier molecular flexibility index (Phi) is 11.4. The largest absolute Gasteiger partial charge is 0.354 e. The molecule has 0 heterocycles. The first-order valence-electron chi connectivity index (χ1n) is 13.2. The van der Waals surface area contributed by atoms with Crippen LogP contribution in [0.1, 0.15) is 44.2 Å². The number of anilines is 1. The van der Waals surface area contributed by atoms with Gasteiger partial charge < -0.3 is 10.2 Å². The van der Waals surface area contributed by atoms with Crippen molar-refractivity contribution >= 4 is 50.7 Å². The van der Waals surface area contributed by atoms with E-state index in [0.29, 0.717) is 28.6 Å². The maximum absolute atomic E-state index is 14.1. The summed E-state index contributed by atoms with van der Waals surface area (Å²) in [5.41, 5.74) is 1.66. The molecule has 0 aromatic heterocycles. The van der Waals surface area contributed by atoms with Gasteiger partial charge in [0.1, 0.15) is 12.6 Å². The van der Waals surface area contributed by atoms with Crippen molar-refractivity contribution in [3.8, 4) is 0 Å². The van der Waals surface area contributed by atoms with Crippen LogP contribution in [-0.4, -0.2) is 44.3 Å². The van der Waals surface area contributed by atoms with Crippen LogP contribution in [-0.2, 0) is 26.2 Å². The molecule has 0 spiro atoms. The van der Waals surface area contributed by atoms with Gasteiger partial charge in [0.25, 0.3) is 10.0 Å². The number of hydrogen-bond donors (Lipinski definition) is 1. The zero-order valence-electron chi connectivity index (χ0n) is 22.9. The second kappa shape index (κ2) is 14.5. The summed E-state index contributed by atoms with van der Waals surface area (Å²) in [7, 11) is -4.16. The van der Waals surface area contributed by atoms with Crippen LogP contribution in [0.5, 0.6) is 0 Å². The monoisotopic (exact) mass is 603 g/mol. The fourth-order valence-corrected chi connectivity index (χ4v) is 6.02. The molecule has 1 atom stereocenters. The van der Waals surface area contributed by atoms with E-state index in [0.717, 1.165) is 22.7 Å². The summed E-state index contributed by atoms with van der Waals surface area (Å²) < 4.78 is 28.8. The zero-order chi connectivity index (χ0) is 29.3. The maximum Gasteiger partial charge on any atom is 0.264 e. The summed E-state index contributed by atoms with van der Waals surface area (Å²) in [6, 6.07) is 19.0. The van der Waals surface area contributed by atoms with E-state index in [-0.39, 0.29) is 23.0 Å².